The molecule has 1 saturated carbocycles. The molecule has 5 rings (SSSR count). The Balaban J connectivity index is 1.68. The molecular weight excluding hydrogens is 366 g/mol. The largest absolute Gasteiger partial charge is 0.294 e. The molecule has 0 aliphatic heterocycles. The molecule has 1 aromatic heterocycles. The van der Waals surface area contributed by atoms with Crippen LogP contribution in [0.3, 0.4) is 0 Å². The molecule has 2 heteroatoms. The summed E-state index contributed by atoms with van der Waals surface area (Å²) in [5.41, 5.74) is 3.90. The molecule has 4 aromatic rings. The molecule has 3 aromatic carbocycles. The van der Waals surface area contributed by atoms with Crippen molar-refractivity contribution in [1.29, 1.82) is 0 Å². The number of nitrogens with zero attached hydrogens (tertiary/aromatic N) is 1. The minimum Gasteiger partial charge on any atom is -0.294 e. The van der Waals surface area contributed by atoms with Gasteiger partial charge in [-0.05, 0) is 29.7 Å². The predicted molar refractivity (Wildman–Crippen MR) is 120 cm³/mol. The summed E-state index contributed by atoms with van der Waals surface area (Å²) in [6, 6.07) is 36.8. The molecule has 1 aliphatic carbocycles. The first kappa shape index (κ1) is 18.5. The van der Waals surface area contributed by atoms with Crippen molar-refractivity contribution in [2.45, 2.75) is 17.8 Å². The molecule has 2 nitrogen and oxygen atoms in total. The fourth-order valence-corrected chi connectivity index (χ4v) is 5.08. The third-order valence-corrected chi connectivity index (χ3v) is 6.44. The van der Waals surface area contributed by atoms with Crippen LogP contribution in [-0.2, 0) is 5.41 Å². The number of carbonyl (C=O) groups excluding carboxylic acids is 1. The van der Waals surface area contributed by atoms with Crippen molar-refractivity contribution in [3.8, 4) is 0 Å². The average molecular weight is 389 g/mol. The molecule has 0 radical (unpaired) electrons. The van der Waals surface area contributed by atoms with Gasteiger partial charge in [-0.3, -0.25) is 9.78 Å². The minimum atomic E-state index is -0.320. The first-order valence-electron chi connectivity index (χ1n) is 10.4. The fourth-order valence-electron chi connectivity index (χ4n) is 5.08. The van der Waals surface area contributed by atoms with E-state index in [4.69, 9.17) is 4.98 Å². The third kappa shape index (κ3) is 2.96. The number of benzene rings is 3. The van der Waals surface area contributed by atoms with E-state index in [1.807, 2.05) is 60.8 Å². The van der Waals surface area contributed by atoms with Gasteiger partial charge in [-0.1, -0.05) is 97.1 Å². The molecule has 0 N–H and O–H groups in total. The maximum absolute atomic E-state index is 13.5. The number of aromatic nitrogens is 1. The van der Waals surface area contributed by atoms with E-state index < -0.39 is 0 Å². The van der Waals surface area contributed by atoms with Crippen LogP contribution >= 0.6 is 0 Å². The van der Waals surface area contributed by atoms with Gasteiger partial charge in [-0.25, -0.2) is 0 Å². The van der Waals surface area contributed by atoms with Crippen LogP contribution in [0, 0.1) is 5.92 Å². The van der Waals surface area contributed by atoms with E-state index in [0.29, 0.717) is 0 Å². The zero-order valence-electron chi connectivity index (χ0n) is 16.7. The quantitative estimate of drug-likeness (QED) is 0.389. The van der Waals surface area contributed by atoms with Crippen molar-refractivity contribution in [2.75, 3.05) is 0 Å². The fraction of sp³-hybridized carbons (Fsp3) is 0.143. The molecule has 1 aliphatic rings. The van der Waals surface area contributed by atoms with Gasteiger partial charge in [-0.2, -0.15) is 0 Å². The van der Waals surface area contributed by atoms with E-state index >= 15 is 0 Å². The number of carbonyl (C=O) groups is 1. The molecule has 3 atom stereocenters. The average Bonchev–Trinajstić information content (AvgIpc) is 2.81. The SMILES string of the molecule is O=C(c1ccccc1)[C@@H]1C[C@@](c2ccccc2)(c2ccccn2)[C@H]1c1ccccc1. The first-order valence-corrected chi connectivity index (χ1v) is 10.4. The molecule has 1 heterocycles. The Morgan fingerprint density at radius 2 is 1.33 bits per heavy atom. The summed E-state index contributed by atoms with van der Waals surface area (Å²) in [4.78, 5) is 18.3. The number of hydrogen-bond donors (Lipinski definition) is 0. The van der Waals surface area contributed by atoms with Crippen LogP contribution < -0.4 is 0 Å². The molecule has 0 saturated heterocycles. The Bertz CT molecular complexity index is 1080. The van der Waals surface area contributed by atoms with Gasteiger partial charge in [0.05, 0.1) is 5.69 Å². The monoisotopic (exact) mass is 389 g/mol. The van der Waals surface area contributed by atoms with Gasteiger partial charge in [-0.15, -0.1) is 0 Å². The van der Waals surface area contributed by atoms with Gasteiger partial charge in [0.15, 0.2) is 5.78 Å². The van der Waals surface area contributed by atoms with Crippen molar-refractivity contribution in [3.63, 3.8) is 0 Å². The van der Waals surface area contributed by atoms with Crippen molar-refractivity contribution in [1.82, 2.24) is 4.98 Å². The summed E-state index contributed by atoms with van der Waals surface area (Å²) < 4.78 is 0. The highest BCUT2D eigenvalue weighted by Gasteiger charge is 2.59. The molecule has 0 unspecified atom stereocenters. The van der Waals surface area contributed by atoms with Crippen molar-refractivity contribution in [3.05, 3.63) is 138 Å². The summed E-state index contributed by atoms with van der Waals surface area (Å²) in [6.07, 6.45) is 2.61. The molecule has 0 spiro atoms. The summed E-state index contributed by atoms with van der Waals surface area (Å²) in [7, 11) is 0. The number of pyridine rings is 1. The van der Waals surface area contributed by atoms with E-state index in [0.717, 1.165) is 17.7 Å². The van der Waals surface area contributed by atoms with Crippen LogP contribution in [0.4, 0.5) is 0 Å². The van der Waals surface area contributed by atoms with Crippen LogP contribution in [0.2, 0.25) is 0 Å². The number of hydrogen-bond acceptors (Lipinski definition) is 2. The van der Waals surface area contributed by atoms with Crippen LogP contribution in [0.1, 0.15) is 39.5 Å². The number of ketones is 1. The lowest BCUT2D eigenvalue weighted by Crippen LogP contribution is -2.53. The van der Waals surface area contributed by atoms with Gasteiger partial charge < -0.3 is 0 Å². The lowest BCUT2D eigenvalue weighted by atomic mass is 9.46. The summed E-state index contributed by atoms with van der Waals surface area (Å²) in [5.74, 6) is 0.160. The molecule has 1 fully saturated rings. The first-order chi connectivity index (χ1) is 14.8. The van der Waals surface area contributed by atoms with E-state index in [1.54, 1.807) is 0 Å². The molecule has 30 heavy (non-hydrogen) atoms. The van der Waals surface area contributed by atoms with E-state index in [1.165, 1.54) is 11.1 Å². The van der Waals surface area contributed by atoms with E-state index in [-0.39, 0.29) is 23.0 Å². The van der Waals surface area contributed by atoms with Gasteiger partial charge in [0.2, 0.25) is 0 Å². The van der Waals surface area contributed by atoms with E-state index in [9.17, 15) is 4.79 Å². The molecule has 0 amide bonds. The lowest BCUT2D eigenvalue weighted by molar-refractivity contribution is 0.0663. The van der Waals surface area contributed by atoms with Crippen LogP contribution in [0.5, 0.6) is 0 Å². The molecular formula is C28H23NO. The summed E-state index contributed by atoms with van der Waals surface area (Å²) in [5, 5.41) is 0. The highest BCUT2D eigenvalue weighted by molar-refractivity contribution is 5.99. The Morgan fingerprint density at radius 1 is 0.733 bits per heavy atom. The van der Waals surface area contributed by atoms with Crippen LogP contribution in [0.15, 0.2) is 115 Å². The summed E-state index contributed by atoms with van der Waals surface area (Å²) in [6.45, 7) is 0. The maximum atomic E-state index is 13.5. The van der Waals surface area contributed by atoms with Gasteiger partial charge in [0.1, 0.15) is 0 Å². The van der Waals surface area contributed by atoms with Gasteiger partial charge in [0.25, 0.3) is 0 Å². The minimum absolute atomic E-state index is 0.0312. The highest BCUT2D eigenvalue weighted by atomic mass is 16.1. The summed E-state index contributed by atoms with van der Waals surface area (Å²) >= 11 is 0. The topological polar surface area (TPSA) is 30.0 Å². The van der Waals surface area contributed by atoms with Gasteiger partial charge in [0, 0.05) is 29.0 Å². The van der Waals surface area contributed by atoms with Gasteiger partial charge >= 0.3 is 0 Å². The Hall–Kier alpha value is -3.52. The third-order valence-electron chi connectivity index (χ3n) is 6.44. The van der Waals surface area contributed by atoms with Crippen LogP contribution in [-0.4, -0.2) is 10.8 Å². The number of Topliss-reactive ketones (excluding diaryl/α,β-unsaturated/α-hetero) is 1. The smallest absolute Gasteiger partial charge is 0.166 e. The van der Waals surface area contributed by atoms with Crippen molar-refractivity contribution >= 4 is 5.78 Å². The normalized spacial score (nSPS) is 22.8. The lowest BCUT2D eigenvalue weighted by Gasteiger charge is -2.55. The van der Waals surface area contributed by atoms with Crippen molar-refractivity contribution < 1.29 is 4.79 Å². The second kappa shape index (κ2) is 7.72. The van der Waals surface area contributed by atoms with Crippen molar-refractivity contribution in [2.24, 2.45) is 5.92 Å². The van der Waals surface area contributed by atoms with E-state index in [2.05, 4.69) is 54.6 Å². The molecule has 146 valence electrons. The Labute approximate surface area is 177 Å². The van der Waals surface area contributed by atoms with Crippen LogP contribution in [0.25, 0.3) is 0 Å². The predicted octanol–water partition coefficient (Wildman–Crippen LogP) is 6.05. The second-order valence-corrected chi connectivity index (χ2v) is 7.98. The molecule has 0 bridgehead atoms. The Morgan fingerprint density at radius 3 is 1.97 bits per heavy atom. The highest BCUT2D eigenvalue weighted by Crippen LogP contribution is 2.61. The maximum Gasteiger partial charge on any atom is 0.166 e. The zero-order valence-corrected chi connectivity index (χ0v) is 16.7. The zero-order chi connectivity index (χ0) is 20.4. The second-order valence-electron chi connectivity index (χ2n) is 7.98. The number of rotatable bonds is 5. The Kier molecular flexibility index (Phi) is 4.76. The standard InChI is InChI=1S/C28H23NO/c30-27(22-14-6-2-7-15-22)24-20-28(23-16-8-3-9-17-23,25-18-10-11-19-29-25)26(24)21-12-4-1-5-13-21/h1-19,24,26H,20H2/t24-,26+,28-/m1/s1.